The van der Waals surface area contributed by atoms with Gasteiger partial charge in [0.05, 0.1) is 0 Å². The molecule has 0 aromatic heterocycles. The maximum absolute atomic E-state index is 9.00. The molecule has 2 aliphatic heterocycles. The first-order chi connectivity index (χ1) is 24.5. The molecule has 3 aliphatic rings. The van der Waals surface area contributed by atoms with Crippen LogP contribution >= 0.6 is 15.9 Å². The number of hydrogen-bond donors (Lipinski definition) is 2. The molecule has 0 saturated carbocycles. The van der Waals surface area contributed by atoms with E-state index in [1.807, 2.05) is 26.0 Å². The van der Waals surface area contributed by atoms with Crippen molar-refractivity contribution in [3.05, 3.63) is 152 Å². The predicted octanol–water partition coefficient (Wildman–Crippen LogP) is 9.19. The Labute approximate surface area is 309 Å². The van der Waals surface area contributed by atoms with Gasteiger partial charge in [-0.15, -0.1) is 10.2 Å². The van der Waals surface area contributed by atoms with Gasteiger partial charge in [0.25, 0.3) is 0 Å². The summed E-state index contributed by atoms with van der Waals surface area (Å²) >= 11 is 3.54. The summed E-state index contributed by atoms with van der Waals surface area (Å²) in [5.41, 5.74) is 13.5. The standard InChI is InChI=1S/C44H40BrN5Si/c1-25-15-17-37-33(19-25)34-20-26(2)16-18-38(34)51(37)39-13-9-7-11-35(39)50(36-12-8-10-14-40(36)51)32-23-29(5)42(30(6)24-32)44(47)49-48-43(46)41-27(3)21-31(45)22-28(41)4/h7-23,30,46-47H,24H2,1-6H3. The van der Waals surface area contributed by atoms with Gasteiger partial charge in [-0.2, -0.15) is 0 Å². The van der Waals surface area contributed by atoms with Gasteiger partial charge in [0.15, 0.2) is 19.7 Å². The lowest BCUT2D eigenvalue weighted by atomic mass is 9.85. The highest BCUT2D eigenvalue weighted by atomic mass is 79.9. The highest BCUT2D eigenvalue weighted by Crippen LogP contribution is 2.43. The lowest BCUT2D eigenvalue weighted by molar-refractivity contribution is 0.666. The number of azo groups is 1. The smallest absolute Gasteiger partial charge is 0.185 e. The van der Waals surface area contributed by atoms with Gasteiger partial charge in [0, 0.05) is 32.7 Å². The van der Waals surface area contributed by atoms with Gasteiger partial charge < -0.3 is 4.90 Å². The van der Waals surface area contributed by atoms with E-state index in [1.165, 1.54) is 60.1 Å². The Morgan fingerprint density at radius 1 is 0.686 bits per heavy atom. The zero-order chi connectivity index (χ0) is 35.8. The van der Waals surface area contributed by atoms with E-state index in [-0.39, 0.29) is 17.6 Å². The van der Waals surface area contributed by atoms with Crippen molar-refractivity contribution in [1.82, 2.24) is 0 Å². The molecule has 0 amide bonds. The summed E-state index contributed by atoms with van der Waals surface area (Å²) in [4.78, 5) is 2.49. The zero-order valence-corrected chi connectivity index (χ0v) is 32.4. The van der Waals surface area contributed by atoms with E-state index in [9.17, 15) is 0 Å². The average Bonchev–Trinajstić information content (AvgIpc) is 3.36. The molecule has 252 valence electrons. The third-order valence-electron chi connectivity index (χ3n) is 10.9. The number of benzene rings is 5. The van der Waals surface area contributed by atoms with Crippen LogP contribution in [0.25, 0.3) is 11.1 Å². The first-order valence-electron chi connectivity index (χ1n) is 17.5. The summed E-state index contributed by atoms with van der Waals surface area (Å²) in [6, 6.07) is 36.3. The van der Waals surface area contributed by atoms with Crippen molar-refractivity contribution in [3.8, 4) is 11.1 Å². The quantitative estimate of drug-likeness (QED) is 0.0806. The number of para-hydroxylation sites is 2. The number of nitrogens with one attached hydrogen (secondary N) is 2. The highest BCUT2D eigenvalue weighted by molar-refractivity contribution is 9.10. The van der Waals surface area contributed by atoms with Crippen molar-refractivity contribution in [2.75, 3.05) is 4.90 Å². The van der Waals surface area contributed by atoms with Crippen molar-refractivity contribution in [1.29, 1.82) is 10.8 Å². The minimum atomic E-state index is -2.64. The number of rotatable bonds is 3. The number of aryl methyl sites for hydroxylation is 4. The third kappa shape index (κ3) is 5.08. The highest BCUT2D eigenvalue weighted by Gasteiger charge is 2.54. The van der Waals surface area contributed by atoms with Crippen LogP contribution in [-0.4, -0.2) is 19.7 Å². The molecule has 0 fully saturated rings. The Morgan fingerprint density at radius 3 is 1.73 bits per heavy atom. The molecule has 5 aromatic carbocycles. The number of anilines is 2. The predicted molar refractivity (Wildman–Crippen MR) is 218 cm³/mol. The van der Waals surface area contributed by atoms with E-state index in [1.54, 1.807) is 0 Å². The van der Waals surface area contributed by atoms with Gasteiger partial charge in [0.2, 0.25) is 0 Å². The van der Waals surface area contributed by atoms with Crippen LogP contribution in [0.5, 0.6) is 0 Å². The van der Waals surface area contributed by atoms with E-state index in [0.717, 1.165) is 38.7 Å². The van der Waals surface area contributed by atoms with Gasteiger partial charge in [-0.25, -0.2) is 0 Å². The zero-order valence-electron chi connectivity index (χ0n) is 29.8. The second-order valence-electron chi connectivity index (χ2n) is 14.4. The maximum atomic E-state index is 9.00. The molecule has 8 rings (SSSR count). The number of nitrogens with zero attached hydrogens (tertiary/aromatic N) is 3. The Balaban J connectivity index is 1.24. The van der Waals surface area contributed by atoms with Gasteiger partial charge in [-0.05, 0) is 126 Å². The normalized spacial score (nSPS) is 16.9. The second kappa shape index (κ2) is 12.4. The Hall–Kier alpha value is -4.98. The summed E-state index contributed by atoms with van der Waals surface area (Å²) in [5.74, 6) is 0.219. The SMILES string of the molecule is CC1=C(C(=N)N=NC(=N)c2c(C)cc(Br)cc2C)C(C)CC(N2c3ccccc3[Si]3(c4ccc(C)cc4-c4cc(C)ccc43)c3ccccc32)=C1. The topological polar surface area (TPSA) is 75.7 Å². The van der Waals surface area contributed by atoms with E-state index in [4.69, 9.17) is 10.8 Å². The first kappa shape index (κ1) is 33.2. The van der Waals surface area contributed by atoms with Crippen LogP contribution < -0.4 is 25.6 Å². The number of halogens is 1. The summed E-state index contributed by atoms with van der Waals surface area (Å²) in [6.07, 6.45) is 2.99. The van der Waals surface area contributed by atoms with E-state index < -0.39 is 8.07 Å². The molecule has 7 heteroatoms. The van der Waals surface area contributed by atoms with E-state index in [2.05, 4.69) is 150 Å². The number of allylic oxidation sites excluding steroid dienone is 3. The largest absolute Gasteiger partial charge is 0.314 e. The summed E-state index contributed by atoms with van der Waals surface area (Å²) < 4.78 is 0.970. The van der Waals surface area contributed by atoms with Crippen LogP contribution in [0.1, 0.15) is 48.1 Å². The number of hydrogen-bond acceptors (Lipinski definition) is 3. The van der Waals surface area contributed by atoms with Gasteiger partial charge in [-0.3, -0.25) is 10.8 Å². The summed E-state index contributed by atoms with van der Waals surface area (Å²) in [7, 11) is -2.64. The van der Waals surface area contributed by atoms with Gasteiger partial charge in [-0.1, -0.05) is 107 Å². The molecule has 1 spiro atoms. The Morgan fingerprint density at radius 2 is 1.20 bits per heavy atom. The first-order valence-corrected chi connectivity index (χ1v) is 20.3. The molecule has 1 atom stereocenters. The van der Waals surface area contributed by atoms with Crippen LogP contribution in [-0.2, 0) is 0 Å². The molecule has 1 unspecified atom stereocenters. The lowest BCUT2D eigenvalue weighted by Crippen LogP contribution is -2.75. The molecule has 0 saturated heterocycles. The molecule has 2 heterocycles. The van der Waals surface area contributed by atoms with Crippen molar-refractivity contribution < 1.29 is 0 Å². The van der Waals surface area contributed by atoms with Crippen LogP contribution in [0.15, 0.2) is 135 Å². The molecule has 5 nitrogen and oxygen atoms in total. The Kier molecular flexibility index (Phi) is 8.04. The van der Waals surface area contributed by atoms with Gasteiger partial charge >= 0.3 is 0 Å². The molecule has 2 N–H and O–H groups in total. The van der Waals surface area contributed by atoms with Gasteiger partial charge in [0.1, 0.15) is 0 Å². The maximum Gasteiger partial charge on any atom is 0.185 e. The molecular weight excluding hydrogens is 707 g/mol. The molecule has 0 radical (unpaired) electrons. The van der Waals surface area contributed by atoms with Crippen LogP contribution in [0.4, 0.5) is 11.4 Å². The fourth-order valence-electron chi connectivity index (χ4n) is 8.95. The molecule has 51 heavy (non-hydrogen) atoms. The van der Waals surface area contributed by atoms with E-state index in [0.29, 0.717) is 0 Å². The van der Waals surface area contributed by atoms with Crippen molar-refractivity contribution in [2.24, 2.45) is 16.1 Å². The third-order valence-corrected chi connectivity index (χ3v) is 16.3. The number of fused-ring (bicyclic) bond motifs is 9. The minimum Gasteiger partial charge on any atom is -0.314 e. The van der Waals surface area contributed by atoms with Crippen molar-refractivity contribution in [2.45, 2.75) is 48.0 Å². The fourth-order valence-corrected chi connectivity index (χ4v) is 15.1. The molecule has 5 aromatic rings. The minimum absolute atomic E-state index is 0.0353. The number of amidine groups is 2. The molecular formula is C44H40BrN5Si. The average molecular weight is 747 g/mol. The van der Waals surface area contributed by atoms with Crippen molar-refractivity contribution in [3.63, 3.8) is 0 Å². The Bertz CT molecular complexity index is 2310. The summed E-state index contributed by atoms with van der Waals surface area (Å²) in [5, 5.41) is 32.0. The summed E-state index contributed by atoms with van der Waals surface area (Å²) in [6.45, 7) is 12.6. The fraction of sp³-hybridized carbons (Fsp3) is 0.182. The monoisotopic (exact) mass is 745 g/mol. The lowest BCUT2D eigenvalue weighted by Gasteiger charge is -2.45. The van der Waals surface area contributed by atoms with Crippen molar-refractivity contribution >= 4 is 67.8 Å². The van der Waals surface area contributed by atoms with Crippen LogP contribution in [0.2, 0.25) is 0 Å². The van der Waals surface area contributed by atoms with E-state index >= 15 is 0 Å². The van der Waals surface area contributed by atoms with Crippen LogP contribution in [0.3, 0.4) is 0 Å². The molecule has 1 aliphatic carbocycles. The second-order valence-corrected chi connectivity index (χ2v) is 18.9. The molecule has 0 bridgehead atoms. The van der Waals surface area contributed by atoms with Crippen LogP contribution in [0, 0.1) is 44.4 Å².